The summed E-state index contributed by atoms with van der Waals surface area (Å²) in [5.41, 5.74) is 2.32. The molecule has 6 heteroatoms. The number of benzene rings is 1. The Morgan fingerprint density at radius 1 is 1.25 bits per heavy atom. The molecule has 0 bridgehead atoms. The molecular weight excluding hydrogens is 350 g/mol. The van der Waals surface area contributed by atoms with E-state index < -0.39 is 0 Å². The number of aromatic nitrogens is 1. The Morgan fingerprint density at radius 3 is 2.79 bits per heavy atom. The van der Waals surface area contributed by atoms with Crippen LogP contribution in [0.3, 0.4) is 0 Å². The van der Waals surface area contributed by atoms with Gasteiger partial charge in [0.05, 0.1) is 13.7 Å². The molecule has 28 heavy (non-hydrogen) atoms. The standard InChI is InChI=1S/C22H31N5O/c1-4-23-22(26(2)17-19-9-5-6-10-20(19)28-3)25-16-18-11-12-24-21(15-18)27-13-7-8-14-27/h5-6,9-12,15H,4,7-8,13-14,16-17H2,1-3H3,(H,23,25). The predicted octanol–water partition coefficient (Wildman–Crippen LogP) is 3.29. The van der Waals surface area contributed by atoms with Crippen LogP contribution in [0.1, 0.15) is 30.9 Å². The van der Waals surface area contributed by atoms with Crippen molar-refractivity contribution in [2.24, 2.45) is 4.99 Å². The highest BCUT2D eigenvalue weighted by Gasteiger charge is 2.14. The summed E-state index contributed by atoms with van der Waals surface area (Å²) in [6.07, 6.45) is 4.40. The van der Waals surface area contributed by atoms with E-state index in [0.717, 1.165) is 49.3 Å². The summed E-state index contributed by atoms with van der Waals surface area (Å²) < 4.78 is 5.48. The van der Waals surface area contributed by atoms with Crippen molar-refractivity contribution in [2.45, 2.75) is 32.9 Å². The normalized spacial score (nSPS) is 14.2. The molecule has 2 heterocycles. The molecule has 1 aromatic heterocycles. The van der Waals surface area contributed by atoms with Crippen LogP contribution in [0.4, 0.5) is 5.82 Å². The summed E-state index contributed by atoms with van der Waals surface area (Å²) in [6, 6.07) is 12.3. The van der Waals surface area contributed by atoms with Crippen molar-refractivity contribution >= 4 is 11.8 Å². The molecule has 1 aromatic carbocycles. The molecule has 1 aliphatic rings. The second-order valence-corrected chi connectivity index (χ2v) is 7.05. The maximum Gasteiger partial charge on any atom is 0.194 e. The molecule has 1 aliphatic heterocycles. The molecule has 2 aromatic rings. The lowest BCUT2D eigenvalue weighted by Crippen LogP contribution is -2.38. The smallest absolute Gasteiger partial charge is 0.194 e. The van der Waals surface area contributed by atoms with E-state index in [1.807, 2.05) is 30.5 Å². The van der Waals surface area contributed by atoms with E-state index in [0.29, 0.717) is 6.54 Å². The highest BCUT2D eigenvalue weighted by Crippen LogP contribution is 2.20. The Balaban J connectivity index is 1.70. The van der Waals surface area contributed by atoms with Gasteiger partial charge in [0.25, 0.3) is 0 Å². The Morgan fingerprint density at radius 2 is 2.04 bits per heavy atom. The molecule has 0 unspecified atom stereocenters. The maximum absolute atomic E-state index is 5.48. The topological polar surface area (TPSA) is 53.0 Å². The van der Waals surface area contributed by atoms with Crippen LogP contribution in [0, 0.1) is 0 Å². The summed E-state index contributed by atoms with van der Waals surface area (Å²) in [5.74, 6) is 2.85. The highest BCUT2D eigenvalue weighted by atomic mass is 16.5. The third-order valence-corrected chi connectivity index (χ3v) is 4.95. The summed E-state index contributed by atoms with van der Waals surface area (Å²) >= 11 is 0. The molecule has 0 saturated carbocycles. The molecule has 1 fully saturated rings. The van der Waals surface area contributed by atoms with E-state index in [9.17, 15) is 0 Å². The maximum atomic E-state index is 5.48. The average molecular weight is 382 g/mol. The number of nitrogens with one attached hydrogen (secondary N) is 1. The summed E-state index contributed by atoms with van der Waals surface area (Å²) in [5, 5.41) is 3.39. The van der Waals surface area contributed by atoms with Crippen LogP contribution in [0.25, 0.3) is 0 Å². The van der Waals surface area contributed by atoms with Crippen LogP contribution in [0.5, 0.6) is 5.75 Å². The van der Waals surface area contributed by atoms with Gasteiger partial charge in [0.2, 0.25) is 0 Å². The zero-order valence-electron chi connectivity index (χ0n) is 17.2. The van der Waals surface area contributed by atoms with Crippen molar-refractivity contribution in [2.75, 3.05) is 38.7 Å². The summed E-state index contributed by atoms with van der Waals surface area (Å²) in [6.45, 7) is 6.47. The summed E-state index contributed by atoms with van der Waals surface area (Å²) in [7, 11) is 3.76. The summed E-state index contributed by atoms with van der Waals surface area (Å²) in [4.78, 5) is 13.9. The van der Waals surface area contributed by atoms with Gasteiger partial charge < -0.3 is 19.9 Å². The molecule has 3 rings (SSSR count). The van der Waals surface area contributed by atoms with E-state index >= 15 is 0 Å². The first-order valence-corrected chi connectivity index (χ1v) is 10.0. The number of hydrogen-bond acceptors (Lipinski definition) is 4. The van der Waals surface area contributed by atoms with Crippen LogP contribution in [-0.4, -0.2) is 49.6 Å². The number of nitrogens with zero attached hydrogens (tertiary/aromatic N) is 4. The number of para-hydroxylation sites is 1. The van der Waals surface area contributed by atoms with Gasteiger partial charge in [-0.25, -0.2) is 9.98 Å². The lowest BCUT2D eigenvalue weighted by atomic mass is 10.2. The number of methoxy groups -OCH3 is 1. The molecule has 1 saturated heterocycles. The van der Waals surface area contributed by atoms with Crippen molar-refractivity contribution in [3.8, 4) is 5.75 Å². The average Bonchev–Trinajstić information content (AvgIpc) is 3.26. The van der Waals surface area contributed by atoms with Gasteiger partial charge in [-0.1, -0.05) is 18.2 Å². The van der Waals surface area contributed by atoms with E-state index in [1.54, 1.807) is 7.11 Å². The third kappa shape index (κ3) is 5.15. The number of ether oxygens (including phenoxy) is 1. The zero-order chi connectivity index (χ0) is 19.8. The minimum absolute atomic E-state index is 0.627. The fraction of sp³-hybridized carbons (Fsp3) is 0.455. The van der Waals surface area contributed by atoms with Gasteiger partial charge in [-0.2, -0.15) is 0 Å². The SMILES string of the molecule is CCNC(=NCc1ccnc(N2CCCC2)c1)N(C)Cc1ccccc1OC. The largest absolute Gasteiger partial charge is 0.496 e. The lowest BCUT2D eigenvalue weighted by molar-refractivity contribution is 0.396. The lowest BCUT2D eigenvalue weighted by Gasteiger charge is -2.23. The molecule has 0 spiro atoms. The van der Waals surface area contributed by atoms with Crippen molar-refractivity contribution in [1.29, 1.82) is 0 Å². The number of rotatable bonds is 7. The van der Waals surface area contributed by atoms with Gasteiger partial charge in [-0.15, -0.1) is 0 Å². The molecule has 0 amide bonds. The van der Waals surface area contributed by atoms with E-state index in [2.05, 4.69) is 46.2 Å². The first-order valence-electron chi connectivity index (χ1n) is 10.0. The Kier molecular flexibility index (Phi) is 7.12. The molecule has 6 nitrogen and oxygen atoms in total. The van der Waals surface area contributed by atoms with E-state index in [4.69, 9.17) is 9.73 Å². The second kappa shape index (κ2) is 9.97. The number of hydrogen-bond donors (Lipinski definition) is 1. The molecular formula is C22H31N5O. The van der Waals surface area contributed by atoms with Gasteiger partial charge in [-0.05, 0) is 43.5 Å². The Bertz CT molecular complexity index is 786. The molecule has 0 aliphatic carbocycles. The third-order valence-electron chi connectivity index (χ3n) is 4.95. The first-order chi connectivity index (χ1) is 13.7. The van der Waals surface area contributed by atoms with Crippen LogP contribution in [0.15, 0.2) is 47.6 Å². The van der Waals surface area contributed by atoms with Crippen LogP contribution >= 0.6 is 0 Å². The van der Waals surface area contributed by atoms with Gasteiger partial charge in [-0.3, -0.25) is 0 Å². The van der Waals surface area contributed by atoms with Gasteiger partial charge in [0, 0.05) is 45.0 Å². The molecule has 0 atom stereocenters. The van der Waals surface area contributed by atoms with Crippen LogP contribution in [-0.2, 0) is 13.1 Å². The molecule has 1 N–H and O–H groups in total. The van der Waals surface area contributed by atoms with Gasteiger partial charge >= 0.3 is 0 Å². The molecule has 150 valence electrons. The number of anilines is 1. The zero-order valence-corrected chi connectivity index (χ0v) is 17.2. The van der Waals surface area contributed by atoms with Crippen LogP contribution < -0.4 is 15.0 Å². The second-order valence-electron chi connectivity index (χ2n) is 7.05. The number of guanidine groups is 1. The fourth-order valence-corrected chi connectivity index (χ4v) is 3.48. The Labute approximate surface area is 168 Å². The highest BCUT2D eigenvalue weighted by molar-refractivity contribution is 5.79. The van der Waals surface area contributed by atoms with E-state index in [1.165, 1.54) is 18.4 Å². The Hall–Kier alpha value is -2.76. The predicted molar refractivity (Wildman–Crippen MR) is 115 cm³/mol. The number of aliphatic imine (C=N–C) groups is 1. The molecule has 0 radical (unpaired) electrons. The van der Waals surface area contributed by atoms with E-state index in [-0.39, 0.29) is 0 Å². The number of pyridine rings is 1. The van der Waals surface area contributed by atoms with Crippen molar-refractivity contribution in [3.63, 3.8) is 0 Å². The fourth-order valence-electron chi connectivity index (χ4n) is 3.48. The van der Waals surface area contributed by atoms with Crippen molar-refractivity contribution in [1.82, 2.24) is 15.2 Å². The van der Waals surface area contributed by atoms with Gasteiger partial charge in [0.15, 0.2) is 5.96 Å². The monoisotopic (exact) mass is 381 g/mol. The van der Waals surface area contributed by atoms with Crippen molar-refractivity contribution in [3.05, 3.63) is 53.7 Å². The van der Waals surface area contributed by atoms with Crippen LogP contribution in [0.2, 0.25) is 0 Å². The minimum Gasteiger partial charge on any atom is -0.496 e. The quantitative estimate of drug-likeness (QED) is 0.589. The van der Waals surface area contributed by atoms with Crippen molar-refractivity contribution < 1.29 is 4.74 Å². The first kappa shape index (κ1) is 20.0. The minimum atomic E-state index is 0.627. The van der Waals surface area contributed by atoms with Gasteiger partial charge in [0.1, 0.15) is 11.6 Å².